The molecule has 0 aliphatic heterocycles. The predicted molar refractivity (Wildman–Crippen MR) is 83.2 cm³/mol. The lowest BCUT2D eigenvalue weighted by Crippen LogP contribution is -2.00. The molecule has 0 aliphatic rings. The van der Waals surface area contributed by atoms with Crippen LogP contribution >= 0.6 is 11.6 Å². The van der Waals surface area contributed by atoms with Crippen LogP contribution in [0, 0.1) is 6.42 Å². The van der Waals surface area contributed by atoms with Crippen LogP contribution in [0.5, 0.6) is 5.75 Å². The smallest absolute Gasteiger partial charge is 0.128 e. The zero-order chi connectivity index (χ0) is 13.8. The monoisotopic (exact) mass is 284 g/mol. The fraction of sp³-hybridized carbons (Fsp3) is 0.118. The molecule has 0 unspecified atom stereocenters. The standard InChI is InChI=1S/C17H15ClNO/c18-15-8-9-16(14-10-11-19-17(14)15)20-12-4-7-13-5-2-1-3-6-13/h1-6,8-11,19H,7,12H2. The molecule has 101 valence electrons. The maximum Gasteiger partial charge on any atom is 0.128 e. The molecule has 0 saturated carbocycles. The molecule has 3 heteroatoms. The van der Waals surface area contributed by atoms with Gasteiger partial charge < -0.3 is 9.72 Å². The van der Waals surface area contributed by atoms with Crippen LogP contribution in [0.15, 0.2) is 54.7 Å². The highest BCUT2D eigenvalue weighted by Crippen LogP contribution is 2.30. The molecule has 0 saturated heterocycles. The van der Waals surface area contributed by atoms with Crippen molar-refractivity contribution in [3.05, 3.63) is 71.7 Å². The molecule has 0 amide bonds. The number of aromatic amines is 1. The van der Waals surface area contributed by atoms with Crippen LogP contribution in [-0.4, -0.2) is 11.6 Å². The molecule has 2 nitrogen and oxygen atoms in total. The van der Waals surface area contributed by atoms with Crippen molar-refractivity contribution < 1.29 is 4.74 Å². The highest BCUT2D eigenvalue weighted by molar-refractivity contribution is 6.35. The predicted octanol–water partition coefficient (Wildman–Crippen LogP) is 4.65. The van der Waals surface area contributed by atoms with Crippen molar-refractivity contribution in [1.29, 1.82) is 0 Å². The first-order valence-corrected chi connectivity index (χ1v) is 6.96. The number of halogens is 1. The number of aromatic nitrogens is 1. The molecule has 0 fully saturated rings. The van der Waals surface area contributed by atoms with Gasteiger partial charge in [-0.3, -0.25) is 0 Å². The van der Waals surface area contributed by atoms with Crippen molar-refractivity contribution in [1.82, 2.24) is 4.98 Å². The van der Waals surface area contributed by atoms with Gasteiger partial charge in [-0.25, -0.2) is 0 Å². The summed E-state index contributed by atoms with van der Waals surface area (Å²) in [7, 11) is 0. The first-order valence-electron chi connectivity index (χ1n) is 6.58. The molecule has 3 rings (SSSR count). The van der Waals surface area contributed by atoms with Gasteiger partial charge in [0.1, 0.15) is 5.75 Å². The SMILES string of the molecule is Clc1ccc(OC[CH]Cc2ccccc2)c2cc[nH]c12. The van der Waals surface area contributed by atoms with Crippen LogP contribution in [0.25, 0.3) is 10.9 Å². The van der Waals surface area contributed by atoms with Crippen LogP contribution < -0.4 is 4.74 Å². The zero-order valence-electron chi connectivity index (χ0n) is 11.0. The summed E-state index contributed by atoms with van der Waals surface area (Å²) in [5, 5.41) is 1.73. The molecule has 20 heavy (non-hydrogen) atoms. The molecule has 1 aromatic heterocycles. The number of hydrogen-bond acceptors (Lipinski definition) is 1. The second kappa shape index (κ2) is 6.02. The first kappa shape index (κ1) is 13.1. The molecular weight excluding hydrogens is 270 g/mol. The van der Waals surface area contributed by atoms with Crippen molar-refractivity contribution in [2.75, 3.05) is 6.61 Å². The van der Waals surface area contributed by atoms with Crippen molar-refractivity contribution in [2.45, 2.75) is 6.42 Å². The van der Waals surface area contributed by atoms with E-state index in [9.17, 15) is 0 Å². The van der Waals surface area contributed by atoms with E-state index in [1.807, 2.05) is 42.6 Å². The van der Waals surface area contributed by atoms with Crippen LogP contribution in [0.4, 0.5) is 0 Å². The average molecular weight is 285 g/mol. The van der Waals surface area contributed by atoms with Crippen molar-refractivity contribution >= 4 is 22.5 Å². The topological polar surface area (TPSA) is 25.0 Å². The van der Waals surface area contributed by atoms with Gasteiger partial charge in [0, 0.05) is 18.0 Å². The highest BCUT2D eigenvalue weighted by atomic mass is 35.5. The van der Waals surface area contributed by atoms with Crippen molar-refractivity contribution in [2.24, 2.45) is 0 Å². The quantitative estimate of drug-likeness (QED) is 0.678. The third-order valence-corrected chi connectivity index (χ3v) is 3.53. The maximum atomic E-state index is 6.12. The number of rotatable bonds is 5. The highest BCUT2D eigenvalue weighted by Gasteiger charge is 2.06. The van der Waals surface area contributed by atoms with E-state index in [4.69, 9.17) is 16.3 Å². The molecule has 1 radical (unpaired) electrons. The minimum Gasteiger partial charge on any atom is -0.493 e. The van der Waals surface area contributed by atoms with E-state index in [1.54, 1.807) is 0 Å². The zero-order valence-corrected chi connectivity index (χ0v) is 11.7. The van der Waals surface area contributed by atoms with E-state index in [-0.39, 0.29) is 0 Å². The van der Waals surface area contributed by atoms with E-state index < -0.39 is 0 Å². The third-order valence-electron chi connectivity index (χ3n) is 3.21. The molecule has 1 heterocycles. The summed E-state index contributed by atoms with van der Waals surface area (Å²) in [5.74, 6) is 0.856. The number of hydrogen-bond donors (Lipinski definition) is 1. The Labute approximate surface area is 123 Å². The second-order valence-corrected chi connectivity index (χ2v) is 5.01. The Balaban J connectivity index is 1.60. The molecule has 2 aromatic carbocycles. The van der Waals surface area contributed by atoms with Gasteiger partial charge in [-0.2, -0.15) is 0 Å². The molecule has 0 spiro atoms. The van der Waals surface area contributed by atoms with Gasteiger partial charge in [-0.15, -0.1) is 0 Å². The molecular formula is C17H15ClNO. The summed E-state index contributed by atoms with van der Waals surface area (Å²) >= 11 is 6.12. The van der Waals surface area contributed by atoms with E-state index in [0.717, 1.165) is 23.1 Å². The Morgan fingerprint density at radius 3 is 2.75 bits per heavy atom. The first-order chi connectivity index (χ1) is 9.84. The minimum absolute atomic E-state index is 0.580. The van der Waals surface area contributed by atoms with Crippen LogP contribution in [0.1, 0.15) is 5.56 Å². The Bertz CT molecular complexity index is 691. The van der Waals surface area contributed by atoms with Crippen LogP contribution in [0.2, 0.25) is 5.02 Å². The maximum absolute atomic E-state index is 6.12. The summed E-state index contributed by atoms with van der Waals surface area (Å²) in [6.07, 6.45) is 4.91. The Hall–Kier alpha value is -1.93. The Morgan fingerprint density at radius 1 is 1.05 bits per heavy atom. The largest absolute Gasteiger partial charge is 0.493 e. The van der Waals surface area contributed by atoms with Gasteiger partial charge in [0.05, 0.1) is 17.1 Å². The number of benzene rings is 2. The van der Waals surface area contributed by atoms with Gasteiger partial charge >= 0.3 is 0 Å². The molecule has 1 N–H and O–H groups in total. The fourth-order valence-corrected chi connectivity index (χ4v) is 2.43. The molecule has 0 atom stereocenters. The Morgan fingerprint density at radius 2 is 1.90 bits per heavy atom. The van der Waals surface area contributed by atoms with E-state index in [0.29, 0.717) is 11.6 Å². The van der Waals surface area contributed by atoms with Gasteiger partial charge in [-0.05, 0) is 30.2 Å². The summed E-state index contributed by atoms with van der Waals surface area (Å²) < 4.78 is 5.82. The molecule has 0 aliphatic carbocycles. The van der Waals surface area contributed by atoms with E-state index in [2.05, 4.69) is 23.5 Å². The molecule has 3 aromatic rings. The van der Waals surface area contributed by atoms with E-state index in [1.165, 1.54) is 5.56 Å². The minimum atomic E-state index is 0.580. The summed E-state index contributed by atoms with van der Waals surface area (Å²) in [5.41, 5.74) is 2.21. The van der Waals surface area contributed by atoms with Gasteiger partial charge in [0.15, 0.2) is 0 Å². The number of nitrogens with one attached hydrogen (secondary N) is 1. The van der Waals surface area contributed by atoms with Crippen LogP contribution in [-0.2, 0) is 6.42 Å². The van der Waals surface area contributed by atoms with Crippen molar-refractivity contribution in [3.8, 4) is 5.75 Å². The number of fused-ring (bicyclic) bond motifs is 1. The Kier molecular flexibility index (Phi) is 3.93. The van der Waals surface area contributed by atoms with Crippen molar-refractivity contribution in [3.63, 3.8) is 0 Å². The van der Waals surface area contributed by atoms with Gasteiger partial charge in [-0.1, -0.05) is 41.9 Å². The normalized spacial score (nSPS) is 10.8. The van der Waals surface area contributed by atoms with Gasteiger partial charge in [0.25, 0.3) is 0 Å². The summed E-state index contributed by atoms with van der Waals surface area (Å²) in [6.45, 7) is 0.580. The number of H-pyrrole nitrogens is 1. The lowest BCUT2D eigenvalue weighted by Gasteiger charge is -2.08. The lowest BCUT2D eigenvalue weighted by molar-refractivity contribution is 0.350. The number of ether oxygens (including phenoxy) is 1. The van der Waals surface area contributed by atoms with Gasteiger partial charge in [0.2, 0.25) is 0 Å². The second-order valence-electron chi connectivity index (χ2n) is 4.60. The molecule has 0 bridgehead atoms. The summed E-state index contributed by atoms with van der Waals surface area (Å²) in [4.78, 5) is 3.12. The summed E-state index contributed by atoms with van der Waals surface area (Å²) in [6, 6.07) is 16.1. The van der Waals surface area contributed by atoms with Crippen LogP contribution in [0.3, 0.4) is 0 Å². The third kappa shape index (κ3) is 2.81. The average Bonchev–Trinajstić information content (AvgIpc) is 2.97. The lowest BCUT2D eigenvalue weighted by atomic mass is 10.1. The van der Waals surface area contributed by atoms with E-state index >= 15 is 0 Å². The fourth-order valence-electron chi connectivity index (χ4n) is 2.21.